The van der Waals surface area contributed by atoms with Crippen molar-refractivity contribution in [2.45, 2.75) is 57.8 Å². The maximum Gasteiger partial charge on any atom is 0.407 e. The monoisotopic (exact) mass is 326 g/mol. The highest BCUT2D eigenvalue weighted by atomic mass is 16.6. The molecule has 0 saturated carbocycles. The number of carbonyl (C=O) groups is 1. The van der Waals surface area contributed by atoms with E-state index in [1.807, 2.05) is 20.8 Å². The lowest BCUT2D eigenvalue weighted by Crippen LogP contribution is -2.45. The molecule has 23 heavy (non-hydrogen) atoms. The summed E-state index contributed by atoms with van der Waals surface area (Å²) in [5, 5.41) is 6.30. The van der Waals surface area contributed by atoms with Gasteiger partial charge in [0.05, 0.1) is 12.1 Å². The first kappa shape index (κ1) is 17.8. The topological polar surface area (TPSA) is 75.2 Å². The van der Waals surface area contributed by atoms with Gasteiger partial charge in [0, 0.05) is 33.3 Å². The molecule has 0 spiro atoms. The molecule has 2 N–H and O–H groups in total. The van der Waals surface area contributed by atoms with Crippen LogP contribution in [0.25, 0.3) is 0 Å². The molecule has 2 aliphatic rings. The zero-order valence-electron chi connectivity index (χ0n) is 14.7. The number of hydrogen-bond donors (Lipinski definition) is 2. The van der Waals surface area contributed by atoms with Gasteiger partial charge in [0.2, 0.25) is 0 Å². The molecule has 2 fully saturated rings. The third-order valence-electron chi connectivity index (χ3n) is 3.93. The number of nitrogens with one attached hydrogen (secondary N) is 2. The Labute approximate surface area is 138 Å². The van der Waals surface area contributed by atoms with Gasteiger partial charge < -0.3 is 25.0 Å². The Morgan fingerprint density at radius 3 is 2.78 bits per heavy atom. The maximum absolute atomic E-state index is 11.8. The third-order valence-corrected chi connectivity index (χ3v) is 3.93. The number of aliphatic imine (C=N–C) groups is 1. The first-order chi connectivity index (χ1) is 10.9. The van der Waals surface area contributed by atoms with Gasteiger partial charge in [-0.2, -0.15) is 0 Å². The van der Waals surface area contributed by atoms with Gasteiger partial charge in [-0.1, -0.05) is 0 Å². The minimum atomic E-state index is -0.471. The number of carbonyl (C=O) groups excluding carboxylic acids is 1. The lowest BCUT2D eigenvalue weighted by Gasteiger charge is -2.24. The number of ether oxygens (including phenoxy) is 2. The molecule has 0 aromatic heterocycles. The minimum Gasteiger partial charge on any atom is -0.444 e. The van der Waals surface area contributed by atoms with E-state index in [0.717, 1.165) is 51.5 Å². The second-order valence-corrected chi connectivity index (χ2v) is 7.14. The smallest absolute Gasteiger partial charge is 0.407 e. The molecule has 7 heteroatoms. The van der Waals surface area contributed by atoms with E-state index in [-0.39, 0.29) is 18.2 Å². The van der Waals surface area contributed by atoms with Gasteiger partial charge in [-0.05, 0) is 40.0 Å². The Kier molecular flexibility index (Phi) is 6.10. The zero-order valence-corrected chi connectivity index (χ0v) is 14.7. The lowest BCUT2D eigenvalue weighted by atomic mass is 10.2. The normalized spacial score (nSPS) is 25.6. The van der Waals surface area contributed by atoms with E-state index >= 15 is 0 Å². The summed E-state index contributed by atoms with van der Waals surface area (Å²) in [7, 11) is 1.78. The molecule has 2 saturated heterocycles. The predicted molar refractivity (Wildman–Crippen MR) is 89.7 cm³/mol. The van der Waals surface area contributed by atoms with Crippen molar-refractivity contribution >= 4 is 12.1 Å². The highest BCUT2D eigenvalue weighted by Gasteiger charge is 2.28. The number of hydrogen-bond acceptors (Lipinski definition) is 4. The largest absolute Gasteiger partial charge is 0.444 e. The van der Waals surface area contributed by atoms with Crippen molar-refractivity contribution in [2.75, 3.05) is 33.3 Å². The van der Waals surface area contributed by atoms with Gasteiger partial charge in [0.25, 0.3) is 0 Å². The van der Waals surface area contributed by atoms with E-state index in [4.69, 9.17) is 9.47 Å². The van der Waals surface area contributed by atoms with Crippen LogP contribution in [0.1, 0.15) is 40.0 Å². The Morgan fingerprint density at radius 1 is 1.39 bits per heavy atom. The zero-order chi connectivity index (χ0) is 16.9. The van der Waals surface area contributed by atoms with Crippen LogP contribution in [0, 0.1) is 0 Å². The molecule has 0 aromatic carbocycles. The molecule has 132 valence electrons. The molecule has 0 radical (unpaired) electrons. The predicted octanol–water partition coefficient (Wildman–Crippen LogP) is 1.34. The Balaban J connectivity index is 1.75. The van der Waals surface area contributed by atoms with Crippen LogP contribution in [0.4, 0.5) is 4.79 Å². The summed E-state index contributed by atoms with van der Waals surface area (Å²) >= 11 is 0. The Morgan fingerprint density at radius 2 is 2.17 bits per heavy atom. The van der Waals surface area contributed by atoms with E-state index in [9.17, 15) is 4.79 Å². The fraction of sp³-hybridized carbons (Fsp3) is 0.875. The second-order valence-electron chi connectivity index (χ2n) is 7.14. The van der Waals surface area contributed by atoms with Crippen LogP contribution in [0.15, 0.2) is 4.99 Å². The number of amides is 1. The van der Waals surface area contributed by atoms with Crippen molar-refractivity contribution in [3.63, 3.8) is 0 Å². The molecule has 2 atom stereocenters. The van der Waals surface area contributed by atoms with Crippen molar-refractivity contribution in [1.29, 1.82) is 0 Å². The van der Waals surface area contributed by atoms with Crippen molar-refractivity contribution in [3.05, 3.63) is 0 Å². The first-order valence-corrected chi connectivity index (χ1v) is 8.44. The summed E-state index contributed by atoms with van der Waals surface area (Å²) in [5.41, 5.74) is -0.471. The average Bonchev–Trinajstić information content (AvgIpc) is 3.09. The first-order valence-electron chi connectivity index (χ1n) is 8.44. The van der Waals surface area contributed by atoms with Crippen LogP contribution in [-0.4, -0.2) is 68.0 Å². The Hall–Kier alpha value is -1.50. The standard InChI is InChI=1S/C16H30N4O3/c1-16(2,3)23-15(21)19-12-7-8-20(11-12)14(17-4)18-10-13-6-5-9-22-13/h12-13H,5-11H2,1-4H3,(H,17,18)(H,19,21). The summed E-state index contributed by atoms with van der Waals surface area (Å²) in [6.07, 6.45) is 3.06. The van der Waals surface area contributed by atoms with E-state index in [0.29, 0.717) is 0 Å². The molecule has 1 amide bonds. The van der Waals surface area contributed by atoms with Crippen molar-refractivity contribution < 1.29 is 14.3 Å². The summed E-state index contributed by atoms with van der Waals surface area (Å²) in [5.74, 6) is 0.869. The number of rotatable bonds is 3. The van der Waals surface area contributed by atoms with Crippen molar-refractivity contribution in [2.24, 2.45) is 4.99 Å². The van der Waals surface area contributed by atoms with E-state index in [1.54, 1.807) is 7.05 Å². The van der Waals surface area contributed by atoms with Gasteiger partial charge >= 0.3 is 6.09 Å². The second kappa shape index (κ2) is 7.86. The van der Waals surface area contributed by atoms with Crippen molar-refractivity contribution in [1.82, 2.24) is 15.5 Å². The summed E-state index contributed by atoms with van der Waals surface area (Å²) in [4.78, 5) is 18.3. The van der Waals surface area contributed by atoms with E-state index < -0.39 is 5.60 Å². The molecule has 2 heterocycles. The maximum atomic E-state index is 11.8. The van der Waals surface area contributed by atoms with Crippen molar-refractivity contribution in [3.8, 4) is 0 Å². The van der Waals surface area contributed by atoms with Gasteiger partial charge in [-0.25, -0.2) is 4.79 Å². The number of guanidine groups is 1. The van der Waals surface area contributed by atoms with Gasteiger partial charge in [-0.15, -0.1) is 0 Å². The fourth-order valence-electron chi connectivity index (χ4n) is 2.89. The molecule has 0 aliphatic carbocycles. The van der Waals surface area contributed by atoms with Crippen LogP contribution < -0.4 is 10.6 Å². The summed E-state index contributed by atoms with van der Waals surface area (Å²) in [6.45, 7) is 8.85. The molecule has 7 nitrogen and oxygen atoms in total. The van der Waals surface area contributed by atoms with E-state index in [2.05, 4.69) is 20.5 Å². The molecular weight excluding hydrogens is 296 g/mol. The molecule has 0 aromatic rings. The van der Waals surface area contributed by atoms with Crippen LogP contribution >= 0.6 is 0 Å². The average molecular weight is 326 g/mol. The van der Waals surface area contributed by atoms with Crippen LogP contribution in [0.3, 0.4) is 0 Å². The van der Waals surface area contributed by atoms with Gasteiger partial charge in [0.1, 0.15) is 5.60 Å². The third kappa shape index (κ3) is 5.89. The Bertz CT molecular complexity index is 428. The van der Waals surface area contributed by atoms with Crippen LogP contribution in [0.5, 0.6) is 0 Å². The minimum absolute atomic E-state index is 0.0890. The number of nitrogens with zero attached hydrogens (tertiary/aromatic N) is 2. The number of likely N-dealkylation sites (tertiary alicyclic amines) is 1. The van der Waals surface area contributed by atoms with Crippen LogP contribution in [0.2, 0.25) is 0 Å². The SMILES string of the molecule is CN=C(NCC1CCCO1)N1CCC(NC(=O)OC(C)(C)C)C1. The number of alkyl carbamates (subject to hydrolysis) is 1. The molecule has 2 unspecified atom stereocenters. The van der Waals surface area contributed by atoms with Gasteiger partial charge in [-0.3, -0.25) is 4.99 Å². The molecule has 0 bridgehead atoms. The van der Waals surface area contributed by atoms with Gasteiger partial charge in [0.15, 0.2) is 5.96 Å². The van der Waals surface area contributed by atoms with E-state index in [1.165, 1.54) is 0 Å². The molecular formula is C16H30N4O3. The molecule has 2 rings (SSSR count). The highest BCUT2D eigenvalue weighted by molar-refractivity contribution is 5.80. The fourth-order valence-corrected chi connectivity index (χ4v) is 2.89. The summed E-state index contributed by atoms with van der Waals surface area (Å²) < 4.78 is 10.9. The highest BCUT2D eigenvalue weighted by Crippen LogP contribution is 2.13. The van der Waals surface area contributed by atoms with Crippen LogP contribution in [-0.2, 0) is 9.47 Å². The quantitative estimate of drug-likeness (QED) is 0.605. The summed E-state index contributed by atoms with van der Waals surface area (Å²) in [6, 6.07) is 0.0890. The lowest BCUT2D eigenvalue weighted by molar-refractivity contribution is 0.0507. The molecule has 2 aliphatic heterocycles.